The first-order valence-corrected chi connectivity index (χ1v) is 45.6. The van der Waals surface area contributed by atoms with E-state index in [0.29, 0.717) is 79.2 Å². The quantitative estimate of drug-likeness (QED) is 0.0237. The van der Waals surface area contributed by atoms with E-state index in [2.05, 4.69) is 111 Å². The highest BCUT2D eigenvalue weighted by molar-refractivity contribution is 5.87. The van der Waals surface area contributed by atoms with Crippen molar-refractivity contribution < 1.29 is 55.1 Å². The van der Waals surface area contributed by atoms with E-state index in [1.807, 2.05) is 167 Å². The zero-order chi connectivity index (χ0) is 98.2. The predicted molar refractivity (Wildman–Crippen MR) is 535 cm³/mol. The van der Waals surface area contributed by atoms with Gasteiger partial charge < -0.3 is 68.7 Å². The van der Waals surface area contributed by atoms with Crippen LogP contribution in [0.1, 0.15) is 80.1 Å². The lowest BCUT2D eigenvalue weighted by Crippen LogP contribution is -2.39. The minimum atomic E-state index is -2.70. The number of nitrogens with one attached hydrogen (secondary N) is 3. The highest BCUT2D eigenvalue weighted by Gasteiger charge is 2.25. The molecule has 0 amide bonds. The molecule has 138 heavy (non-hydrogen) atoms. The van der Waals surface area contributed by atoms with Gasteiger partial charge in [0, 0.05) is 245 Å². The van der Waals surface area contributed by atoms with Crippen LogP contribution in [0.2, 0.25) is 0 Å². The molecule has 0 aliphatic rings. The van der Waals surface area contributed by atoms with Crippen molar-refractivity contribution in [1.82, 2.24) is 94.9 Å². The van der Waals surface area contributed by atoms with Gasteiger partial charge in [-0.1, -0.05) is 20.3 Å². The molecule has 16 rings (SSSR count). The average Bonchev–Trinajstić information content (AvgIpc) is 1.15. The van der Waals surface area contributed by atoms with Gasteiger partial charge in [0.2, 0.25) is 11.7 Å². The van der Waals surface area contributed by atoms with E-state index in [4.69, 9.17) is 53.1 Å². The molecule has 0 fully saturated rings. The van der Waals surface area contributed by atoms with Gasteiger partial charge in [-0.15, -0.1) is 0 Å². The summed E-state index contributed by atoms with van der Waals surface area (Å²) in [6.45, 7) is 16.6. The minimum absolute atomic E-state index is 0.116. The summed E-state index contributed by atoms with van der Waals surface area (Å²) in [4.78, 5) is 46.1. The van der Waals surface area contributed by atoms with Crippen LogP contribution in [-0.2, 0) is 28.2 Å². The molecule has 0 spiro atoms. The van der Waals surface area contributed by atoms with Crippen LogP contribution in [0, 0.1) is 11.6 Å². The summed E-state index contributed by atoms with van der Waals surface area (Å²) in [6, 6.07) is 43.9. The molecule has 0 saturated heterocycles. The topological polar surface area (TPSA) is 288 Å². The van der Waals surface area contributed by atoms with Crippen molar-refractivity contribution in [3.8, 4) is 85.3 Å². The molecule has 0 aliphatic heterocycles. The number of nitrogens with zero attached hydrogens (tertiary/aromatic N) is 20. The molecule has 0 aliphatic carbocycles. The third kappa shape index (κ3) is 26.9. The molecule has 35 heteroatoms. The molecule has 0 saturated carbocycles. The number of ether oxygens (including phenoxy) is 7. The van der Waals surface area contributed by atoms with Gasteiger partial charge in [-0.3, -0.25) is 38.7 Å². The number of anilines is 8. The van der Waals surface area contributed by atoms with Crippen LogP contribution in [0.3, 0.4) is 0 Å². The Morgan fingerprint density at radius 1 is 0.362 bits per heavy atom. The predicted octanol–water partition coefficient (Wildman–Crippen LogP) is 20.0. The van der Waals surface area contributed by atoms with E-state index in [9.17, 15) is 22.0 Å². The lowest BCUT2D eigenvalue weighted by Gasteiger charge is -2.28. The Balaban J connectivity index is 0.000000156. The van der Waals surface area contributed by atoms with Crippen molar-refractivity contribution in [3.05, 3.63) is 226 Å². The molecule has 724 valence electrons. The number of rotatable bonds is 40. The lowest BCUT2D eigenvalue weighted by molar-refractivity contribution is 0.0135. The third-order valence-corrected chi connectivity index (χ3v) is 23.0. The van der Waals surface area contributed by atoms with E-state index in [-0.39, 0.29) is 24.3 Å². The zero-order valence-corrected chi connectivity index (χ0v) is 81.1. The van der Waals surface area contributed by atoms with Crippen molar-refractivity contribution in [2.75, 3.05) is 128 Å². The molecule has 1 atom stereocenters. The molecule has 30 nitrogen and oxygen atoms in total. The second kappa shape index (κ2) is 47.2. The Hall–Kier alpha value is -14.7. The lowest BCUT2D eigenvalue weighted by atomic mass is 10.0. The maximum absolute atomic E-state index is 14.2. The second-order valence-corrected chi connectivity index (χ2v) is 33.9. The molecule has 8 heterocycles. The van der Waals surface area contributed by atoms with E-state index >= 15 is 0 Å². The smallest absolute Gasteiger partial charge is 0.246 e. The van der Waals surface area contributed by atoms with Gasteiger partial charge in [-0.05, 0) is 139 Å². The minimum Gasteiger partial charge on any atom is -0.497 e. The van der Waals surface area contributed by atoms with Crippen LogP contribution >= 0.6 is 0 Å². The number of aryl methyl sites for hydroxylation is 4. The fourth-order valence-corrected chi connectivity index (χ4v) is 15.2. The van der Waals surface area contributed by atoms with Crippen molar-refractivity contribution in [2.24, 2.45) is 28.2 Å². The van der Waals surface area contributed by atoms with E-state index in [1.165, 1.54) is 19.2 Å². The van der Waals surface area contributed by atoms with Crippen molar-refractivity contribution in [3.63, 3.8) is 0 Å². The summed E-state index contributed by atoms with van der Waals surface area (Å²) in [6.07, 6.45) is 25.3. The van der Waals surface area contributed by atoms with Gasteiger partial charge in [0.25, 0.3) is 0 Å². The summed E-state index contributed by atoms with van der Waals surface area (Å²) < 4.78 is 113. The highest BCUT2D eigenvalue weighted by atomic mass is 19.3. The number of fused-ring (bicyclic) bond motifs is 4. The van der Waals surface area contributed by atoms with Gasteiger partial charge in [-0.25, -0.2) is 37.5 Å². The monoisotopic (exact) mass is 1890 g/mol. The molecule has 0 radical (unpaired) electrons. The Bertz CT molecular complexity index is 6660. The van der Waals surface area contributed by atoms with Crippen LogP contribution in [0.15, 0.2) is 214 Å². The molecule has 3 N–H and O–H groups in total. The van der Waals surface area contributed by atoms with Gasteiger partial charge in [0.15, 0.2) is 11.6 Å². The summed E-state index contributed by atoms with van der Waals surface area (Å²) in [7, 11) is 18.6. The number of aromatic nitrogens is 16. The molecule has 0 bridgehead atoms. The standard InChI is InChI=1S/C28H36N6O2.C26H30F2N6O2.C26H31FN6O2.C23H23F2N5O/c1-7-28(2,3)30-11-8-12-34(22-13-23(35-5)16-24(14-22)36-6)21-9-10-25-26(15-21)32-27(18-29-25)20-17-31-33(4)19-20;1-26(27,28)7-8-29-9-10-34(20-11-21(35-3)14-22(12-20)36-4)19-5-6-23-24(13-19)32-25(16-30-23)18-15-31-33(2)17-18;1-18(27)14-28-8-5-9-33(21-10-22(34-3)13-23(11-21)35-4)20-6-7-24-25(12-20)31-26(16-29-24)19-15-30-32(2)17-19;1-4-5-8-30(17-9-18(24)23(25)22(11-17)31-3)16-6-7-19-20(10-16)28-21(13-26-19)15-12-27-29(2)14-15/h9-10,13-19,30H,7-8,11-12H2,1-6H3;5-6,11-17,29H,7-10H2,1-4H3;6-7,10-13,15-18,28H,5,8-9,14H2,1-4H3;6-7,9-14H,4-5,8H2,1-3H3. The van der Waals surface area contributed by atoms with E-state index < -0.39 is 23.7 Å². The first-order valence-electron chi connectivity index (χ1n) is 45.6. The summed E-state index contributed by atoms with van der Waals surface area (Å²) in [5.74, 6) is -0.576. The SMILES string of the molecule is CCC(C)(C)NCCCN(c1cc(OC)cc(OC)c1)c1ccc2ncc(-c3cnn(C)c3)nc2c1.CCCCN(c1cc(F)c(F)c(OC)c1)c1ccc2ncc(-c3cnn(C)c3)nc2c1.COc1cc(OC)cc(N(CCCNCC(C)F)c2ccc3ncc(-c4cnn(C)c4)nc3c2)c1.COc1cc(OC)cc(N(CCNCCC(C)(F)F)c2ccc3ncc(-c4cnn(C)c4)nc3c2)c1. The highest BCUT2D eigenvalue weighted by Crippen LogP contribution is 2.41. The summed E-state index contributed by atoms with van der Waals surface area (Å²) in [5.41, 5.74) is 19.9. The van der Waals surface area contributed by atoms with Crippen molar-refractivity contribution in [2.45, 2.75) is 97.7 Å². The number of unbranched alkanes of at least 4 members (excludes halogenated alkanes) is 1. The normalized spacial score (nSPS) is 11.6. The van der Waals surface area contributed by atoms with Gasteiger partial charge in [0.05, 0.1) is 166 Å². The van der Waals surface area contributed by atoms with Crippen LogP contribution in [0.25, 0.3) is 89.2 Å². The maximum Gasteiger partial charge on any atom is 0.246 e. The van der Waals surface area contributed by atoms with E-state index in [1.54, 1.807) is 124 Å². The van der Waals surface area contributed by atoms with Gasteiger partial charge >= 0.3 is 0 Å². The maximum atomic E-state index is 14.2. The Morgan fingerprint density at radius 3 is 0.986 bits per heavy atom. The van der Waals surface area contributed by atoms with Crippen LogP contribution in [0.5, 0.6) is 40.2 Å². The van der Waals surface area contributed by atoms with Crippen molar-refractivity contribution in [1.29, 1.82) is 0 Å². The Kier molecular flexibility index (Phi) is 34.4. The summed E-state index contributed by atoms with van der Waals surface area (Å²) >= 11 is 0. The Morgan fingerprint density at radius 2 is 0.688 bits per heavy atom. The Labute approximate surface area is 800 Å². The molecular weight excluding hydrogens is 1770 g/mol. The van der Waals surface area contributed by atoms with Gasteiger partial charge in [-0.2, -0.15) is 24.8 Å². The number of benzene rings is 8. The average molecular weight is 1890 g/mol. The number of halogens is 5. The van der Waals surface area contributed by atoms with Crippen LogP contribution in [-0.4, -0.2) is 205 Å². The first-order chi connectivity index (χ1) is 66.5. The molecule has 16 aromatic rings. The molecule has 1 unspecified atom stereocenters. The third-order valence-electron chi connectivity index (χ3n) is 23.0. The molecule has 8 aromatic heterocycles. The molecule has 8 aromatic carbocycles. The first kappa shape index (κ1) is 101. The van der Waals surface area contributed by atoms with E-state index in [0.717, 1.165) is 181 Å². The van der Waals surface area contributed by atoms with Crippen LogP contribution in [0.4, 0.5) is 67.5 Å². The number of hydrogen-bond acceptors (Lipinski definition) is 26. The van der Waals surface area contributed by atoms with Gasteiger partial charge in [0.1, 0.15) is 40.7 Å². The molecular formula is C103H120F5N23O7. The fourth-order valence-electron chi connectivity index (χ4n) is 15.2. The summed E-state index contributed by atoms with van der Waals surface area (Å²) in [5, 5.41) is 26.9. The largest absolute Gasteiger partial charge is 0.497 e. The van der Waals surface area contributed by atoms with Crippen molar-refractivity contribution >= 4 is 89.6 Å². The fraction of sp³-hybridized carbons (Fsp3) is 0.340. The number of alkyl halides is 3. The van der Waals surface area contributed by atoms with Crippen LogP contribution < -0.4 is 68.7 Å². The second-order valence-electron chi connectivity index (χ2n) is 33.9. The number of methoxy groups -OCH3 is 7. The number of hydrogen-bond donors (Lipinski definition) is 3. The zero-order valence-electron chi connectivity index (χ0n) is 81.1.